The monoisotopic (exact) mass is 190 g/mol. The second-order valence-corrected chi connectivity index (χ2v) is 4.80. The minimum Gasteiger partial charge on any atom is -0.0628 e. The fraction of sp³-hybridized carbons (Fsp3) is 0.571. The van der Waals surface area contributed by atoms with Crippen LogP contribution in [0, 0.1) is 26.7 Å². The third-order valence-electron chi connectivity index (χ3n) is 2.91. The van der Waals surface area contributed by atoms with Crippen molar-refractivity contribution in [3.8, 4) is 0 Å². The molecule has 1 aromatic carbocycles. The highest BCUT2D eigenvalue weighted by molar-refractivity contribution is 5.37. The van der Waals surface area contributed by atoms with Crippen LogP contribution in [0.1, 0.15) is 42.5 Å². The molecule has 0 N–H and O–H groups in total. The van der Waals surface area contributed by atoms with E-state index >= 15 is 0 Å². The molecule has 0 saturated carbocycles. The van der Waals surface area contributed by atoms with E-state index in [-0.39, 0.29) is 0 Å². The Bertz CT molecular complexity index is 308. The van der Waals surface area contributed by atoms with Gasteiger partial charge in [-0.1, -0.05) is 31.5 Å². The van der Waals surface area contributed by atoms with Crippen LogP contribution in [-0.2, 0) is 6.42 Å². The van der Waals surface area contributed by atoms with E-state index in [1.54, 1.807) is 0 Å². The average Bonchev–Trinajstić information content (AvgIpc) is 2.08. The summed E-state index contributed by atoms with van der Waals surface area (Å²) < 4.78 is 0. The predicted molar refractivity (Wildman–Crippen MR) is 63.8 cm³/mol. The highest BCUT2D eigenvalue weighted by Crippen LogP contribution is 2.18. The lowest BCUT2D eigenvalue weighted by Crippen LogP contribution is -1.97. The molecule has 1 rings (SSSR count). The summed E-state index contributed by atoms with van der Waals surface area (Å²) in [6.07, 6.45) is 2.52. The normalized spacial score (nSPS) is 11.0. The van der Waals surface area contributed by atoms with Gasteiger partial charge in [0.2, 0.25) is 0 Å². The summed E-state index contributed by atoms with van der Waals surface area (Å²) in [7, 11) is 0. The third-order valence-corrected chi connectivity index (χ3v) is 2.91. The molecular formula is C14H22. The molecule has 0 bridgehead atoms. The SMILES string of the molecule is Cc1cc(C)c(C)c(CCC(C)C)c1. The lowest BCUT2D eigenvalue weighted by Gasteiger charge is -2.11. The van der Waals surface area contributed by atoms with Crippen molar-refractivity contribution in [2.24, 2.45) is 5.92 Å². The van der Waals surface area contributed by atoms with Crippen molar-refractivity contribution in [1.29, 1.82) is 0 Å². The molecule has 0 aliphatic carbocycles. The van der Waals surface area contributed by atoms with Gasteiger partial charge in [-0.3, -0.25) is 0 Å². The summed E-state index contributed by atoms with van der Waals surface area (Å²) in [6.45, 7) is 11.2. The molecule has 0 aliphatic heterocycles. The van der Waals surface area contributed by atoms with E-state index in [2.05, 4.69) is 46.8 Å². The number of benzene rings is 1. The van der Waals surface area contributed by atoms with Gasteiger partial charge in [-0.25, -0.2) is 0 Å². The van der Waals surface area contributed by atoms with Crippen LogP contribution in [0.25, 0.3) is 0 Å². The number of hydrogen-bond donors (Lipinski definition) is 0. The Hall–Kier alpha value is -0.780. The van der Waals surface area contributed by atoms with Gasteiger partial charge >= 0.3 is 0 Å². The number of rotatable bonds is 3. The van der Waals surface area contributed by atoms with Gasteiger partial charge in [-0.2, -0.15) is 0 Å². The van der Waals surface area contributed by atoms with E-state index in [1.807, 2.05) is 0 Å². The Morgan fingerprint density at radius 3 is 2.29 bits per heavy atom. The first-order valence-corrected chi connectivity index (χ1v) is 5.57. The van der Waals surface area contributed by atoms with Crippen LogP contribution in [0.4, 0.5) is 0 Å². The van der Waals surface area contributed by atoms with Gasteiger partial charge in [0.1, 0.15) is 0 Å². The summed E-state index contributed by atoms with van der Waals surface area (Å²) in [6, 6.07) is 4.61. The van der Waals surface area contributed by atoms with E-state index in [9.17, 15) is 0 Å². The van der Waals surface area contributed by atoms with Crippen LogP contribution >= 0.6 is 0 Å². The minimum atomic E-state index is 0.801. The topological polar surface area (TPSA) is 0 Å². The standard InChI is InChI=1S/C14H22/c1-10(2)6-7-14-9-11(3)8-12(4)13(14)5/h8-10H,6-7H2,1-5H3. The van der Waals surface area contributed by atoms with Crippen molar-refractivity contribution in [3.05, 3.63) is 34.4 Å². The van der Waals surface area contributed by atoms with Gasteiger partial charge < -0.3 is 0 Å². The fourth-order valence-corrected chi connectivity index (χ4v) is 1.83. The quantitative estimate of drug-likeness (QED) is 0.670. The zero-order chi connectivity index (χ0) is 10.7. The van der Waals surface area contributed by atoms with Gasteiger partial charge in [0.15, 0.2) is 0 Å². The van der Waals surface area contributed by atoms with Gasteiger partial charge in [-0.15, -0.1) is 0 Å². The molecule has 0 aromatic heterocycles. The predicted octanol–water partition coefficient (Wildman–Crippen LogP) is 4.20. The summed E-state index contributed by atoms with van der Waals surface area (Å²) in [4.78, 5) is 0. The fourth-order valence-electron chi connectivity index (χ4n) is 1.83. The van der Waals surface area contributed by atoms with Crippen LogP contribution < -0.4 is 0 Å². The zero-order valence-corrected chi connectivity index (χ0v) is 10.1. The maximum Gasteiger partial charge on any atom is -0.0274 e. The molecule has 0 atom stereocenters. The molecule has 0 unspecified atom stereocenters. The van der Waals surface area contributed by atoms with Gasteiger partial charge in [-0.05, 0) is 56.2 Å². The highest BCUT2D eigenvalue weighted by atomic mass is 14.1. The first-order valence-electron chi connectivity index (χ1n) is 5.57. The molecular weight excluding hydrogens is 168 g/mol. The summed E-state index contributed by atoms with van der Waals surface area (Å²) >= 11 is 0. The molecule has 0 amide bonds. The summed E-state index contributed by atoms with van der Waals surface area (Å²) in [5.74, 6) is 0.801. The first-order chi connectivity index (χ1) is 6.50. The Labute approximate surface area is 88.4 Å². The Morgan fingerprint density at radius 2 is 1.71 bits per heavy atom. The van der Waals surface area contributed by atoms with Crippen LogP contribution in [0.15, 0.2) is 12.1 Å². The van der Waals surface area contributed by atoms with E-state index < -0.39 is 0 Å². The van der Waals surface area contributed by atoms with Crippen molar-refractivity contribution < 1.29 is 0 Å². The number of hydrogen-bond acceptors (Lipinski definition) is 0. The lowest BCUT2D eigenvalue weighted by molar-refractivity contribution is 0.585. The second-order valence-electron chi connectivity index (χ2n) is 4.80. The lowest BCUT2D eigenvalue weighted by atomic mass is 9.94. The smallest absolute Gasteiger partial charge is 0.0274 e. The van der Waals surface area contributed by atoms with Crippen LogP contribution in [0.2, 0.25) is 0 Å². The van der Waals surface area contributed by atoms with Crippen molar-refractivity contribution in [2.45, 2.75) is 47.5 Å². The Kier molecular flexibility index (Phi) is 3.74. The highest BCUT2D eigenvalue weighted by Gasteiger charge is 2.03. The maximum atomic E-state index is 2.34. The molecule has 0 heterocycles. The van der Waals surface area contributed by atoms with Crippen LogP contribution in [-0.4, -0.2) is 0 Å². The average molecular weight is 190 g/mol. The maximum absolute atomic E-state index is 2.34. The summed E-state index contributed by atoms with van der Waals surface area (Å²) in [5.41, 5.74) is 5.85. The molecule has 14 heavy (non-hydrogen) atoms. The zero-order valence-electron chi connectivity index (χ0n) is 10.1. The largest absolute Gasteiger partial charge is 0.0628 e. The van der Waals surface area contributed by atoms with E-state index in [4.69, 9.17) is 0 Å². The molecule has 0 fully saturated rings. The molecule has 0 nitrogen and oxygen atoms in total. The van der Waals surface area contributed by atoms with Crippen molar-refractivity contribution >= 4 is 0 Å². The number of aryl methyl sites for hydroxylation is 3. The van der Waals surface area contributed by atoms with Gasteiger partial charge in [0.25, 0.3) is 0 Å². The Morgan fingerprint density at radius 1 is 1.07 bits per heavy atom. The van der Waals surface area contributed by atoms with Crippen molar-refractivity contribution in [1.82, 2.24) is 0 Å². The van der Waals surface area contributed by atoms with Crippen LogP contribution in [0.5, 0.6) is 0 Å². The van der Waals surface area contributed by atoms with E-state index in [0.29, 0.717) is 0 Å². The van der Waals surface area contributed by atoms with Gasteiger partial charge in [0, 0.05) is 0 Å². The molecule has 78 valence electrons. The van der Waals surface area contributed by atoms with Gasteiger partial charge in [0.05, 0.1) is 0 Å². The molecule has 0 radical (unpaired) electrons. The van der Waals surface area contributed by atoms with Crippen molar-refractivity contribution in [2.75, 3.05) is 0 Å². The minimum absolute atomic E-state index is 0.801. The van der Waals surface area contributed by atoms with Crippen LogP contribution in [0.3, 0.4) is 0 Å². The summed E-state index contributed by atoms with van der Waals surface area (Å²) in [5, 5.41) is 0. The Balaban J connectivity index is 2.85. The third kappa shape index (κ3) is 2.87. The molecule has 0 heteroatoms. The molecule has 0 spiro atoms. The second kappa shape index (κ2) is 4.63. The first kappa shape index (κ1) is 11.3. The molecule has 0 saturated heterocycles. The molecule has 1 aromatic rings. The van der Waals surface area contributed by atoms with Crippen molar-refractivity contribution in [3.63, 3.8) is 0 Å². The molecule has 0 aliphatic rings. The van der Waals surface area contributed by atoms with E-state index in [0.717, 1.165) is 5.92 Å². The van der Waals surface area contributed by atoms with E-state index in [1.165, 1.54) is 35.1 Å².